The van der Waals surface area contributed by atoms with E-state index in [2.05, 4.69) is 6.07 Å². The number of halogens is 1. The van der Waals surface area contributed by atoms with E-state index in [1.54, 1.807) is 21.7 Å². The number of benzene rings is 3. The second-order valence-corrected chi connectivity index (χ2v) is 9.87. The molecule has 192 valence electrons. The molecule has 1 aromatic heterocycles. The van der Waals surface area contributed by atoms with Crippen molar-refractivity contribution >= 4 is 11.5 Å². The summed E-state index contributed by atoms with van der Waals surface area (Å²) >= 11 is 0. The number of carbonyl (C=O) groups excluding carboxylic acids is 1. The van der Waals surface area contributed by atoms with Gasteiger partial charge in [0.2, 0.25) is 0 Å². The summed E-state index contributed by atoms with van der Waals surface area (Å²) in [7, 11) is 0. The van der Waals surface area contributed by atoms with E-state index in [9.17, 15) is 14.4 Å². The highest BCUT2D eigenvalue weighted by Crippen LogP contribution is 2.48. The lowest BCUT2D eigenvalue weighted by Crippen LogP contribution is -2.38. The lowest BCUT2D eigenvalue weighted by atomic mass is 9.75. The molecular weight excluding hydrogens is 489 g/mol. The summed E-state index contributed by atoms with van der Waals surface area (Å²) in [6.07, 6.45) is 3.57. The van der Waals surface area contributed by atoms with Crippen molar-refractivity contribution in [2.24, 2.45) is 5.73 Å². The van der Waals surface area contributed by atoms with Crippen LogP contribution in [-0.2, 0) is 4.79 Å². The van der Waals surface area contributed by atoms with E-state index in [-0.39, 0.29) is 23.0 Å². The zero-order valence-electron chi connectivity index (χ0n) is 21.4. The number of nitriles is 1. The van der Waals surface area contributed by atoms with Crippen LogP contribution >= 0.6 is 0 Å². The molecule has 0 spiro atoms. The summed E-state index contributed by atoms with van der Waals surface area (Å²) in [5.41, 5.74) is 13.2. The van der Waals surface area contributed by atoms with Gasteiger partial charge in [0.15, 0.2) is 5.78 Å². The maximum Gasteiger partial charge on any atom is 0.161 e. The molecule has 0 amide bonds. The molecule has 0 bridgehead atoms. The summed E-state index contributed by atoms with van der Waals surface area (Å²) in [6, 6.07) is 26.0. The third-order valence-electron chi connectivity index (χ3n) is 7.40. The minimum atomic E-state index is -0.678. The molecule has 0 fully saturated rings. The van der Waals surface area contributed by atoms with Gasteiger partial charge in [0, 0.05) is 40.7 Å². The fourth-order valence-electron chi connectivity index (χ4n) is 5.53. The van der Waals surface area contributed by atoms with Crippen LogP contribution in [0.5, 0.6) is 0 Å². The van der Waals surface area contributed by atoms with Gasteiger partial charge in [-0.2, -0.15) is 10.4 Å². The van der Waals surface area contributed by atoms with E-state index in [1.807, 2.05) is 67.7 Å². The first-order valence-corrected chi connectivity index (χ1v) is 12.9. The Morgan fingerprint density at radius 2 is 1.69 bits per heavy atom. The molecule has 0 radical (unpaired) electrons. The Labute approximate surface area is 226 Å². The fourth-order valence-corrected chi connectivity index (χ4v) is 5.53. The number of ketones is 1. The smallest absolute Gasteiger partial charge is 0.161 e. The first-order chi connectivity index (χ1) is 19.0. The Balaban J connectivity index is 1.61. The Morgan fingerprint density at radius 1 is 0.974 bits per heavy atom. The van der Waals surface area contributed by atoms with Crippen LogP contribution in [0, 0.1) is 24.1 Å². The van der Waals surface area contributed by atoms with Gasteiger partial charge in [-0.05, 0) is 56.2 Å². The van der Waals surface area contributed by atoms with Gasteiger partial charge in [-0.15, -0.1) is 0 Å². The molecular formula is C32H26FN5O. The lowest BCUT2D eigenvalue weighted by Gasteiger charge is -2.39. The molecule has 2 N–H and O–H groups in total. The van der Waals surface area contributed by atoms with E-state index in [4.69, 9.17) is 10.8 Å². The molecule has 2 heterocycles. The molecule has 2 aliphatic rings. The molecule has 39 heavy (non-hydrogen) atoms. The summed E-state index contributed by atoms with van der Waals surface area (Å²) in [5, 5.41) is 15.4. The quantitative estimate of drug-likeness (QED) is 0.345. The summed E-state index contributed by atoms with van der Waals surface area (Å²) in [5.74, 6) is -0.828. The fraction of sp³-hybridized carbons (Fsp3) is 0.156. The van der Waals surface area contributed by atoms with Crippen LogP contribution in [0.4, 0.5) is 10.1 Å². The third kappa shape index (κ3) is 4.20. The number of rotatable bonds is 4. The van der Waals surface area contributed by atoms with Gasteiger partial charge in [-0.25, -0.2) is 9.07 Å². The number of nitrogens with zero attached hydrogens (tertiary/aromatic N) is 4. The number of aromatic nitrogens is 2. The van der Waals surface area contributed by atoms with Crippen LogP contribution in [0.3, 0.4) is 0 Å². The highest BCUT2D eigenvalue weighted by Gasteiger charge is 2.42. The first-order valence-electron chi connectivity index (χ1n) is 12.9. The Morgan fingerprint density at radius 3 is 2.38 bits per heavy atom. The van der Waals surface area contributed by atoms with Crippen molar-refractivity contribution in [3.8, 4) is 23.0 Å². The zero-order valence-corrected chi connectivity index (χ0v) is 21.4. The second-order valence-electron chi connectivity index (χ2n) is 9.87. The molecule has 1 atom stereocenters. The van der Waals surface area contributed by atoms with Crippen molar-refractivity contribution in [3.05, 3.63) is 125 Å². The number of para-hydroxylation sites is 1. The van der Waals surface area contributed by atoms with Crippen LogP contribution in [0.15, 0.2) is 108 Å². The number of anilines is 1. The number of aryl methyl sites for hydroxylation is 1. The number of hydrogen-bond acceptors (Lipinski definition) is 5. The molecule has 6 nitrogen and oxygen atoms in total. The largest absolute Gasteiger partial charge is 0.384 e. The Hall–Kier alpha value is -4.96. The minimum absolute atomic E-state index is 0.0177. The van der Waals surface area contributed by atoms with E-state index in [0.29, 0.717) is 36.2 Å². The summed E-state index contributed by atoms with van der Waals surface area (Å²) < 4.78 is 15.5. The standard InChI is InChI=1S/C32H26FN5O/c1-20-10-12-21(13-11-20)31-26(19-37(36-31)23-6-3-2-4-7-23)29-25(18-34)32(35)38(24-16-14-22(33)15-17-24)27-8-5-9-28(39)30(27)29/h2-4,6-7,10-17,19,29H,5,8-9,35H2,1H3. The normalized spacial score (nSPS) is 17.3. The third-order valence-corrected chi connectivity index (χ3v) is 7.40. The van der Waals surface area contributed by atoms with Gasteiger partial charge in [0.05, 0.1) is 28.9 Å². The molecule has 6 rings (SSSR count). The predicted octanol–water partition coefficient (Wildman–Crippen LogP) is 6.29. The SMILES string of the molecule is Cc1ccc(-c2nn(-c3ccccc3)cc2C2C(C#N)=C(N)N(c3ccc(F)cc3)C3=C2C(=O)CCC3)cc1. The molecule has 0 saturated heterocycles. The van der Waals surface area contributed by atoms with Crippen molar-refractivity contribution in [3.63, 3.8) is 0 Å². The highest BCUT2D eigenvalue weighted by molar-refractivity contribution is 6.01. The van der Waals surface area contributed by atoms with Crippen molar-refractivity contribution in [1.82, 2.24) is 9.78 Å². The van der Waals surface area contributed by atoms with Crippen LogP contribution < -0.4 is 10.6 Å². The molecule has 4 aromatic rings. The average Bonchev–Trinajstić information content (AvgIpc) is 3.39. The van der Waals surface area contributed by atoms with E-state index >= 15 is 0 Å². The van der Waals surface area contributed by atoms with Gasteiger partial charge in [-0.1, -0.05) is 48.0 Å². The maximum absolute atomic E-state index is 13.8. The van der Waals surface area contributed by atoms with Gasteiger partial charge in [0.25, 0.3) is 0 Å². The minimum Gasteiger partial charge on any atom is -0.384 e. The molecule has 1 aliphatic carbocycles. The molecule has 1 unspecified atom stereocenters. The van der Waals surface area contributed by atoms with Crippen molar-refractivity contribution in [2.75, 3.05) is 4.90 Å². The van der Waals surface area contributed by atoms with Crippen LogP contribution in [-0.4, -0.2) is 15.6 Å². The number of nitrogens with two attached hydrogens (primary N) is 1. The Kier molecular flexibility index (Phi) is 6.08. The van der Waals surface area contributed by atoms with Crippen LogP contribution in [0.1, 0.15) is 36.3 Å². The monoisotopic (exact) mass is 515 g/mol. The van der Waals surface area contributed by atoms with E-state index < -0.39 is 5.92 Å². The van der Waals surface area contributed by atoms with E-state index in [0.717, 1.165) is 28.1 Å². The Bertz CT molecular complexity index is 1680. The van der Waals surface area contributed by atoms with Gasteiger partial charge in [-0.3, -0.25) is 9.69 Å². The van der Waals surface area contributed by atoms with Crippen LogP contribution in [0.2, 0.25) is 0 Å². The summed E-state index contributed by atoms with van der Waals surface area (Å²) in [4.78, 5) is 15.4. The number of Topliss-reactive ketones (excluding diaryl/α,β-unsaturated/α-hetero) is 1. The highest BCUT2D eigenvalue weighted by atomic mass is 19.1. The summed E-state index contributed by atoms with van der Waals surface area (Å²) in [6.45, 7) is 2.02. The van der Waals surface area contributed by atoms with Gasteiger partial charge >= 0.3 is 0 Å². The number of carbonyl (C=O) groups is 1. The molecule has 1 aliphatic heterocycles. The first kappa shape index (κ1) is 24.4. The van der Waals surface area contributed by atoms with Gasteiger partial charge < -0.3 is 5.73 Å². The van der Waals surface area contributed by atoms with Crippen molar-refractivity contribution in [1.29, 1.82) is 5.26 Å². The molecule has 3 aromatic carbocycles. The van der Waals surface area contributed by atoms with Crippen molar-refractivity contribution < 1.29 is 9.18 Å². The van der Waals surface area contributed by atoms with E-state index in [1.165, 1.54) is 12.1 Å². The number of allylic oxidation sites excluding steroid dienone is 3. The molecule has 7 heteroatoms. The second kappa shape index (κ2) is 9.73. The topological polar surface area (TPSA) is 87.9 Å². The van der Waals surface area contributed by atoms with Gasteiger partial charge in [0.1, 0.15) is 11.6 Å². The lowest BCUT2D eigenvalue weighted by molar-refractivity contribution is -0.116. The molecule has 0 saturated carbocycles. The number of hydrogen-bond donors (Lipinski definition) is 1. The maximum atomic E-state index is 13.8. The van der Waals surface area contributed by atoms with Crippen LogP contribution in [0.25, 0.3) is 16.9 Å². The zero-order chi connectivity index (χ0) is 27.1. The average molecular weight is 516 g/mol. The van der Waals surface area contributed by atoms with Crippen molar-refractivity contribution in [2.45, 2.75) is 32.1 Å². The predicted molar refractivity (Wildman–Crippen MR) is 148 cm³/mol.